The average Bonchev–Trinajstić information content (AvgIpc) is 3.60. The Balaban J connectivity index is 1.57. The Kier molecular flexibility index (Phi) is 5.71. The van der Waals surface area contributed by atoms with Crippen LogP contribution in [-0.2, 0) is 4.79 Å². The van der Waals surface area contributed by atoms with Gasteiger partial charge in [0.1, 0.15) is 5.82 Å². The van der Waals surface area contributed by atoms with E-state index < -0.39 is 5.92 Å². The number of halogens is 2. The van der Waals surface area contributed by atoms with Gasteiger partial charge in [-0.1, -0.05) is 0 Å². The molecular weight excluding hydrogens is 406 g/mol. The van der Waals surface area contributed by atoms with Gasteiger partial charge in [-0.3, -0.25) is 14.2 Å². The van der Waals surface area contributed by atoms with E-state index in [9.17, 15) is 18.4 Å². The monoisotopic (exact) mass is 430 g/mol. The molecule has 1 amide bonds. The number of nitrogens with zero attached hydrogens (tertiary/aromatic N) is 5. The van der Waals surface area contributed by atoms with Crippen molar-refractivity contribution in [3.8, 4) is 0 Å². The number of pyridine rings is 2. The first-order chi connectivity index (χ1) is 14.9. The number of carbonyl (C=O) groups is 2. The molecule has 2 fully saturated rings. The molecule has 4 rings (SSSR count). The van der Waals surface area contributed by atoms with Crippen molar-refractivity contribution in [1.82, 2.24) is 19.9 Å². The maximum Gasteiger partial charge on any atom is 0.255 e. The fourth-order valence-corrected chi connectivity index (χ4v) is 3.67. The highest BCUT2D eigenvalue weighted by molar-refractivity contribution is 5.94. The number of anilines is 2. The van der Waals surface area contributed by atoms with Crippen molar-refractivity contribution in [2.75, 3.05) is 25.0 Å². The van der Waals surface area contributed by atoms with Crippen molar-refractivity contribution in [1.29, 1.82) is 0 Å². The van der Waals surface area contributed by atoms with Crippen molar-refractivity contribution in [2.45, 2.75) is 37.6 Å². The molecule has 31 heavy (non-hydrogen) atoms. The molecule has 164 valence electrons. The van der Waals surface area contributed by atoms with E-state index in [1.165, 1.54) is 15.7 Å². The Morgan fingerprint density at radius 3 is 2.61 bits per heavy atom. The second kappa shape index (κ2) is 8.44. The first kappa shape index (κ1) is 21.0. The van der Waals surface area contributed by atoms with Gasteiger partial charge in [0.05, 0.1) is 5.56 Å². The lowest BCUT2D eigenvalue weighted by atomic mass is 10.1. The van der Waals surface area contributed by atoms with Crippen LogP contribution in [0, 0.1) is 0 Å². The number of piperidine rings is 1. The number of carbonyl (C=O) groups excluding carboxylic acids is 2. The molecule has 2 aliphatic rings. The van der Waals surface area contributed by atoms with Crippen LogP contribution in [-0.4, -0.2) is 58.9 Å². The predicted octanol–water partition coefficient (Wildman–Crippen LogP) is 2.13. The quantitative estimate of drug-likeness (QED) is 0.561. The van der Waals surface area contributed by atoms with Crippen LogP contribution < -0.4 is 15.8 Å². The number of alkyl halides is 2. The van der Waals surface area contributed by atoms with Crippen molar-refractivity contribution in [3.63, 3.8) is 0 Å². The third kappa shape index (κ3) is 4.57. The van der Waals surface area contributed by atoms with Gasteiger partial charge in [0, 0.05) is 63.2 Å². The van der Waals surface area contributed by atoms with Gasteiger partial charge in [-0.05, 0) is 31.0 Å². The van der Waals surface area contributed by atoms with Gasteiger partial charge in [0.25, 0.3) is 11.8 Å². The van der Waals surface area contributed by atoms with Gasteiger partial charge in [0.2, 0.25) is 6.41 Å². The molecule has 2 aromatic rings. The van der Waals surface area contributed by atoms with Crippen LogP contribution in [0.25, 0.3) is 0 Å². The third-order valence-electron chi connectivity index (χ3n) is 5.50. The molecule has 1 N–H and O–H groups in total. The van der Waals surface area contributed by atoms with E-state index >= 15 is 0 Å². The van der Waals surface area contributed by atoms with E-state index in [1.54, 1.807) is 31.4 Å². The molecule has 0 atom stereocenters. The molecule has 0 spiro atoms. The summed E-state index contributed by atoms with van der Waals surface area (Å²) in [6, 6.07) is 7.32. The van der Waals surface area contributed by atoms with Crippen LogP contribution in [0.1, 0.15) is 36.0 Å². The highest BCUT2D eigenvalue weighted by Crippen LogP contribution is 2.36. The predicted molar refractivity (Wildman–Crippen MR) is 111 cm³/mol. The Hall–Kier alpha value is -3.30. The molecule has 0 bridgehead atoms. The molecule has 1 saturated carbocycles. The van der Waals surface area contributed by atoms with Crippen LogP contribution in [0.3, 0.4) is 0 Å². The van der Waals surface area contributed by atoms with E-state index in [0.29, 0.717) is 23.3 Å². The zero-order valence-electron chi connectivity index (χ0n) is 17.2. The van der Waals surface area contributed by atoms with Gasteiger partial charge in [0.15, 0.2) is 5.49 Å². The normalized spacial score (nSPS) is 18.5. The molecule has 10 heteroatoms. The minimum atomic E-state index is -2.69. The highest BCUT2D eigenvalue weighted by atomic mass is 19.3. The van der Waals surface area contributed by atoms with Crippen molar-refractivity contribution < 1.29 is 18.4 Å². The smallest absolute Gasteiger partial charge is 0.255 e. The van der Waals surface area contributed by atoms with Gasteiger partial charge < -0.3 is 15.2 Å². The lowest BCUT2D eigenvalue weighted by Gasteiger charge is -2.31. The largest absolute Gasteiger partial charge is 0.338 e. The second-order valence-electron chi connectivity index (χ2n) is 7.75. The summed E-state index contributed by atoms with van der Waals surface area (Å²) >= 11 is 0. The molecule has 3 heterocycles. The van der Waals surface area contributed by atoms with Gasteiger partial charge in [-0.25, -0.2) is 13.8 Å². The molecule has 8 nitrogen and oxygen atoms in total. The number of amides is 1. The molecule has 0 aromatic carbocycles. The molecule has 2 aromatic heterocycles. The van der Waals surface area contributed by atoms with Crippen molar-refractivity contribution in [2.24, 2.45) is 5.10 Å². The number of hydrogen-bond acceptors (Lipinski definition) is 6. The standard InChI is InChI=1S/C21H24F2N6O2/c1-24-26-19-12-17(6-9-28(19)14-30)29(16-3-4-16)18-5-2-15(13-25-18)20(31)27-10-7-21(22,23)8-11-27/h2,5-6,9,12-14,16,24H,3-4,7-8,10-11H2,1H3/b26-19-. The van der Waals surface area contributed by atoms with Gasteiger partial charge >= 0.3 is 0 Å². The number of rotatable bonds is 6. The van der Waals surface area contributed by atoms with Crippen LogP contribution in [0.2, 0.25) is 0 Å². The molecule has 0 unspecified atom stereocenters. The zero-order chi connectivity index (χ0) is 22.0. The lowest BCUT2D eigenvalue weighted by Crippen LogP contribution is -2.42. The van der Waals surface area contributed by atoms with Gasteiger partial charge in [-0.2, -0.15) is 5.10 Å². The Morgan fingerprint density at radius 1 is 1.29 bits per heavy atom. The Morgan fingerprint density at radius 2 is 2.03 bits per heavy atom. The number of aromatic nitrogens is 2. The fraction of sp³-hybridized carbons (Fsp3) is 0.429. The van der Waals surface area contributed by atoms with E-state index in [-0.39, 0.29) is 37.9 Å². The van der Waals surface area contributed by atoms with Crippen LogP contribution in [0.15, 0.2) is 41.8 Å². The van der Waals surface area contributed by atoms with Gasteiger partial charge in [-0.15, -0.1) is 0 Å². The Labute approximate surface area is 178 Å². The number of likely N-dealkylation sites (tertiary alicyclic amines) is 1. The summed E-state index contributed by atoms with van der Waals surface area (Å²) in [4.78, 5) is 31.9. The zero-order valence-corrected chi connectivity index (χ0v) is 17.2. The van der Waals surface area contributed by atoms with Crippen molar-refractivity contribution in [3.05, 3.63) is 47.7 Å². The number of nitrogens with one attached hydrogen (secondary N) is 1. The first-order valence-electron chi connectivity index (χ1n) is 10.2. The summed E-state index contributed by atoms with van der Waals surface area (Å²) in [6.45, 7) is 0.0839. The summed E-state index contributed by atoms with van der Waals surface area (Å²) in [6.07, 6.45) is 5.20. The maximum absolute atomic E-state index is 13.4. The fourth-order valence-electron chi connectivity index (χ4n) is 3.67. The molecule has 1 aliphatic carbocycles. The summed E-state index contributed by atoms with van der Waals surface area (Å²) in [5.41, 5.74) is 4.35. The highest BCUT2D eigenvalue weighted by Gasteiger charge is 2.36. The molecule has 1 saturated heterocycles. The summed E-state index contributed by atoms with van der Waals surface area (Å²) in [7, 11) is 1.65. The molecular formula is C21H24F2N6O2. The second-order valence-corrected chi connectivity index (χ2v) is 7.75. The summed E-state index contributed by atoms with van der Waals surface area (Å²) in [5.74, 6) is -2.31. The summed E-state index contributed by atoms with van der Waals surface area (Å²) < 4.78 is 28.1. The minimum Gasteiger partial charge on any atom is -0.338 e. The Bertz CT molecular complexity index is 1020. The topological polar surface area (TPSA) is 82.8 Å². The SMILES string of the molecule is CN/N=c1/cc(N(c2ccc(C(=O)N3CCC(F)(F)CC3)cn2)C2CC2)ccn1C=O. The van der Waals surface area contributed by atoms with E-state index in [1.807, 2.05) is 6.07 Å². The molecule has 0 radical (unpaired) electrons. The van der Waals surface area contributed by atoms with Crippen LogP contribution in [0.4, 0.5) is 20.3 Å². The average molecular weight is 430 g/mol. The van der Waals surface area contributed by atoms with Crippen LogP contribution >= 0.6 is 0 Å². The summed E-state index contributed by atoms with van der Waals surface area (Å²) in [5, 5.41) is 4.12. The third-order valence-corrected chi connectivity index (χ3v) is 5.50. The van der Waals surface area contributed by atoms with Crippen LogP contribution in [0.5, 0.6) is 0 Å². The van der Waals surface area contributed by atoms with Crippen molar-refractivity contribution >= 4 is 23.8 Å². The van der Waals surface area contributed by atoms with E-state index in [4.69, 9.17) is 0 Å². The maximum atomic E-state index is 13.4. The molecule has 1 aliphatic heterocycles. The van der Waals surface area contributed by atoms with E-state index in [0.717, 1.165) is 18.5 Å². The minimum absolute atomic E-state index is 0.0419. The van der Waals surface area contributed by atoms with E-state index in [2.05, 4.69) is 20.4 Å². The lowest BCUT2D eigenvalue weighted by molar-refractivity contribution is -0.0494. The number of hydrogen-bond donors (Lipinski definition) is 1. The first-order valence-corrected chi connectivity index (χ1v) is 10.2.